The van der Waals surface area contributed by atoms with Gasteiger partial charge in [-0.05, 0) is 32.4 Å². The summed E-state index contributed by atoms with van der Waals surface area (Å²) in [4.78, 5) is 10.1. The number of non-ortho nitro benzene ring substituents is 1. The first-order chi connectivity index (χ1) is 8.54. The van der Waals surface area contributed by atoms with Crippen LogP contribution in [0, 0.1) is 15.9 Å². The van der Waals surface area contributed by atoms with Crippen LogP contribution in [0.5, 0.6) is 0 Å². The minimum Gasteiger partial charge on any atom is -0.382 e. The van der Waals surface area contributed by atoms with Crippen molar-refractivity contribution in [3.8, 4) is 0 Å². The van der Waals surface area contributed by atoms with Crippen molar-refractivity contribution in [2.45, 2.75) is 31.8 Å². The van der Waals surface area contributed by atoms with Crippen molar-refractivity contribution in [2.24, 2.45) is 0 Å². The third-order valence-corrected chi connectivity index (χ3v) is 3.09. The molecule has 2 rings (SSSR count). The molecule has 98 valence electrons. The summed E-state index contributed by atoms with van der Waals surface area (Å²) >= 11 is 0. The van der Waals surface area contributed by atoms with Gasteiger partial charge in [0.05, 0.1) is 11.0 Å². The van der Waals surface area contributed by atoms with E-state index in [1.165, 1.54) is 12.1 Å². The molecule has 1 aromatic carbocycles. The molecule has 1 aromatic rings. The number of hydrogen-bond donors (Lipinski definition) is 2. The van der Waals surface area contributed by atoms with Crippen LogP contribution >= 0.6 is 0 Å². The number of benzene rings is 1. The van der Waals surface area contributed by atoms with Crippen LogP contribution in [0.3, 0.4) is 0 Å². The van der Waals surface area contributed by atoms with Crippen molar-refractivity contribution >= 4 is 11.4 Å². The van der Waals surface area contributed by atoms with Crippen LogP contribution in [-0.4, -0.2) is 23.6 Å². The standard InChI is InChI=1S/C12H16FN3O2/c1-8-4-10(2-3-14-8)15-11-5-9(13)6-12(7-11)16(17)18/h5-8,10,14-15H,2-4H2,1H3. The van der Waals surface area contributed by atoms with Crippen LogP contribution in [-0.2, 0) is 0 Å². The zero-order valence-corrected chi connectivity index (χ0v) is 10.1. The minimum atomic E-state index is -0.589. The smallest absolute Gasteiger partial charge is 0.274 e. The second-order valence-electron chi connectivity index (χ2n) is 4.68. The molecule has 2 unspecified atom stereocenters. The highest BCUT2D eigenvalue weighted by atomic mass is 19.1. The molecule has 1 aliphatic rings. The molecule has 1 fully saturated rings. The lowest BCUT2D eigenvalue weighted by Gasteiger charge is -2.29. The number of piperidine rings is 1. The van der Waals surface area contributed by atoms with Crippen LogP contribution < -0.4 is 10.6 Å². The minimum absolute atomic E-state index is 0.223. The molecule has 6 heteroatoms. The van der Waals surface area contributed by atoms with E-state index < -0.39 is 10.7 Å². The highest BCUT2D eigenvalue weighted by molar-refractivity contribution is 5.52. The van der Waals surface area contributed by atoms with Gasteiger partial charge in [0.1, 0.15) is 5.82 Å². The van der Waals surface area contributed by atoms with Crippen LogP contribution in [0.15, 0.2) is 18.2 Å². The Morgan fingerprint density at radius 2 is 2.28 bits per heavy atom. The molecule has 0 aliphatic carbocycles. The van der Waals surface area contributed by atoms with Gasteiger partial charge in [0, 0.05) is 23.8 Å². The molecule has 0 bridgehead atoms. The second kappa shape index (κ2) is 5.30. The largest absolute Gasteiger partial charge is 0.382 e. The van der Waals surface area contributed by atoms with Gasteiger partial charge < -0.3 is 10.6 Å². The summed E-state index contributed by atoms with van der Waals surface area (Å²) in [7, 11) is 0. The van der Waals surface area contributed by atoms with Gasteiger partial charge in [-0.25, -0.2) is 4.39 Å². The summed E-state index contributed by atoms with van der Waals surface area (Å²) < 4.78 is 13.3. The maximum atomic E-state index is 13.3. The number of nitrogens with zero attached hydrogens (tertiary/aromatic N) is 1. The van der Waals surface area contributed by atoms with Crippen molar-refractivity contribution < 1.29 is 9.31 Å². The van der Waals surface area contributed by atoms with E-state index >= 15 is 0 Å². The average Bonchev–Trinajstić information content (AvgIpc) is 2.28. The molecule has 0 aromatic heterocycles. The van der Waals surface area contributed by atoms with Crippen molar-refractivity contribution in [3.05, 3.63) is 34.1 Å². The van der Waals surface area contributed by atoms with Crippen molar-refractivity contribution in [3.63, 3.8) is 0 Å². The fourth-order valence-electron chi connectivity index (χ4n) is 2.26. The Kier molecular flexibility index (Phi) is 3.76. The Bertz CT molecular complexity index is 453. The fourth-order valence-corrected chi connectivity index (χ4v) is 2.26. The maximum Gasteiger partial charge on any atom is 0.274 e. The summed E-state index contributed by atoms with van der Waals surface area (Å²) in [6, 6.07) is 4.22. The zero-order chi connectivity index (χ0) is 13.1. The summed E-state index contributed by atoms with van der Waals surface area (Å²) in [5.74, 6) is -0.589. The highest BCUT2D eigenvalue weighted by Gasteiger charge is 2.19. The predicted octanol–water partition coefficient (Wildman–Crippen LogP) is 2.29. The third kappa shape index (κ3) is 3.16. The van der Waals surface area contributed by atoms with Gasteiger partial charge in [0.25, 0.3) is 5.69 Å². The van der Waals surface area contributed by atoms with Gasteiger partial charge in [0.15, 0.2) is 0 Å². The molecule has 5 nitrogen and oxygen atoms in total. The van der Waals surface area contributed by atoms with E-state index in [-0.39, 0.29) is 11.7 Å². The molecule has 18 heavy (non-hydrogen) atoms. The third-order valence-electron chi connectivity index (χ3n) is 3.09. The lowest BCUT2D eigenvalue weighted by Crippen LogP contribution is -2.41. The van der Waals surface area contributed by atoms with Gasteiger partial charge >= 0.3 is 0 Å². The molecular formula is C12H16FN3O2. The SMILES string of the molecule is CC1CC(Nc2cc(F)cc([N+](=O)[O-])c2)CCN1. The lowest BCUT2D eigenvalue weighted by molar-refractivity contribution is -0.385. The fraction of sp³-hybridized carbons (Fsp3) is 0.500. The maximum absolute atomic E-state index is 13.3. The highest BCUT2D eigenvalue weighted by Crippen LogP contribution is 2.22. The van der Waals surface area contributed by atoms with E-state index in [0.717, 1.165) is 25.5 Å². The molecule has 2 N–H and O–H groups in total. The van der Waals surface area contributed by atoms with E-state index in [0.29, 0.717) is 11.7 Å². The van der Waals surface area contributed by atoms with Gasteiger partial charge in [-0.2, -0.15) is 0 Å². The van der Waals surface area contributed by atoms with E-state index in [4.69, 9.17) is 0 Å². The Labute approximate surface area is 105 Å². The van der Waals surface area contributed by atoms with Crippen LogP contribution in [0.1, 0.15) is 19.8 Å². The van der Waals surface area contributed by atoms with Gasteiger partial charge in [-0.3, -0.25) is 10.1 Å². The van der Waals surface area contributed by atoms with Gasteiger partial charge in [-0.1, -0.05) is 0 Å². The first-order valence-corrected chi connectivity index (χ1v) is 5.99. The van der Waals surface area contributed by atoms with Gasteiger partial charge in [0.2, 0.25) is 0 Å². The molecule has 1 aliphatic heterocycles. The van der Waals surface area contributed by atoms with Gasteiger partial charge in [-0.15, -0.1) is 0 Å². The second-order valence-corrected chi connectivity index (χ2v) is 4.68. The predicted molar refractivity (Wildman–Crippen MR) is 67.2 cm³/mol. The summed E-state index contributed by atoms with van der Waals surface area (Å²) in [6.45, 7) is 2.98. The normalized spacial score (nSPS) is 23.7. The Hall–Kier alpha value is -1.69. The number of rotatable bonds is 3. The lowest BCUT2D eigenvalue weighted by atomic mass is 10.0. The van der Waals surface area contributed by atoms with Crippen molar-refractivity contribution in [2.75, 3.05) is 11.9 Å². The first kappa shape index (κ1) is 12.8. The van der Waals surface area contributed by atoms with Crippen molar-refractivity contribution in [1.29, 1.82) is 0 Å². The molecule has 0 amide bonds. The number of hydrogen-bond acceptors (Lipinski definition) is 4. The Morgan fingerprint density at radius 3 is 2.94 bits per heavy atom. The summed E-state index contributed by atoms with van der Waals surface area (Å²) in [5.41, 5.74) is 0.250. The average molecular weight is 253 g/mol. The summed E-state index contributed by atoms with van der Waals surface area (Å²) in [6.07, 6.45) is 1.85. The monoisotopic (exact) mass is 253 g/mol. The summed E-state index contributed by atoms with van der Waals surface area (Å²) in [5, 5.41) is 17.1. The number of halogens is 1. The number of nitro groups is 1. The Balaban J connectivity index is 2.10. The van der Waals surface area contributed by atoms with E-state index in [1.807, 2.05) is 0 Å². The van der Waals surface area contributed by atoms with Crippen molar-refractivity contribution in [1.82, 2.24) is 5.32 Å². The number of anilines is 1. The van der Waals surface area contributed by atoms with E-state index in [9.17, 15) is 14.5 Å². The molecule has 0 spiro atoms. The van der Waals surface area contributed by atoms with Crippen LogP contribution in [0.25, 0.3) is 0 Å². The zero-order valence-electron chi connectivity index (χ0n) is 10.1. The molecular weight excluding hydrogens is 237 g/mol. The molecule has 2 atom stereocenters. The Morgan fingerprint density at radius 1 is 1.50 bits per heavy atom. The number of nitro benzene ring substituents is 1. The molecule has 1 heterocycles. The van der Waals surface area contributed by atoms with E-state index in [1.54, 1.807) is 0 Å². The first-order valence-electron chi connectivity index (χ1n) is 5.99. The topological polar surface area (TPSA) is 67.2 Å². The van der Waals surface area contributed by atoms with Crippen LogP contribution in [0.2, 0.25) is 0 Å². The molecule has 0 saturated carbocycles. The van der Waals surface area contributed by atoms with E-state index in [2.05, 4.69) is 17.6 Å². The van der Waals surface area contributed by atoms with Crippen LogP contribution in [0.4, 0.5) is 15.8 Å². The molecule has 0 radical (unpaired) electrons. The quantitative estimate of drug-likeness (QED) is 0.640. The molecule has 1 saturated heterocycles. The number of nitrogens with one attached hydrogen (secondary N) is 2.